The molecule has 1 heterocycles. The lowest BCUT2D eigenvalue weighted by Gasteiger charge is -2.26. The lowest BCUT2D eigenvalue weighted by atomic mass is 10.1. The molecule has 1 saturated heterocycles. The molecule has 0 bridgehead atoms. The van der Waals surface area contributed by atoms with Crippen molar-refractivity contribution in [1.82, 2.24) is 5.32 Å². The Labute approximate surface area is 228 Å². The van der Waals surface area contributed by atoms with Crippen molar-refractivity contribution in [3.8, 4) is 11.5 Å². The summed E-state index contributed by atoms with van der Waals surface area (Å²) in [7, 11) is 1.50. The van der Waals surface area contributed by atoms with Crippen LogP contribution < -0.4 is 19.7 Å². The topological polar surface area (TPSA) is 84.9 Å². The van der Waals surface area contributed by atoms with Gasteiger partial charge in [0.2, 0.25) is 0 Å². The zero-order valence-corrected chi connectivity index (χ0v) is 22.7. The third-order valence-electron chi connectivity index (χ3n) is 5.05. The van der Waals surface area contributed by atoms with E-state index >= 15 is 0 Å². The molecule has 4 rings (SSSR count). The van der Waals surface area contributed by atoms with Crippen LogP contribution in [0.5, 0.6) is 11.5 Å². The van der Waals surface area contributed by atoms with E-state index in [-0.39, 0.29) is 5.57 Å². The first-order valence-corrected chi connectivity index (χ1v) is 12.4. The molecule has 35 heavy (non-hydrogen) atoms. The van der Waals surface area contributed by atoms with Crippen LogP contribution in [0.1, 0.15) is 11.1 Å². The largest absolute Gasteiger partial charge is 0.493 e. The number of benzene rings is 3. The Morgan fingerprint density at radius 1 is 1.06 bits per heavy atom. The maximum absolute atomic E-state index is 13.1. The summed E-state index contributed by atoms with van der Waals surface area (Å²) in [6.45, 7) is 0.301. The van der Waals surface area contributed by atoms with Crippen LogP contribution in [0.2, 0.25) is 5.02 Å². The van der Waals surface area contributed by atoms with E-state index in [1.807, 2.05) is 12.1 Å². The molecular weight excluding hydrogens is 651 g/mol. The van der Waals surface area contributed by atoms with Crippen molar-refractivity contribution < 1.29 is 23.9 Å². The number of halogens is 3. The van der Waals surface area contributed by atoms with Gasteiger partial charge in [-0.25, -0.2) is 9.69 Å². The van der Waals surface area contributed by atoms with Gasteiger partial charge in [-0.3, -0.25) is 14.9 Å². The van der Waals surface area contributed by atoms with Gasteiger partial charge in [-0.2, -0.15) is 0 Å². The number of hydrogen-bond donors (Lipinski definition) is 1. The number of ether oxygens (including phenoxy) is 2. The molecule has 0 radical (unpaired) electrons. The molecule has 1 aliphatic rings. The van der Waals surface area contributed by atoms with E-state index < -0.39 is 17.8 Å². The zero-order chi connectivity index (χ0) is 25.1. The second-order valence-corrected chi connectivity index (χ2v) is 9.90. The van der Waals surface area contributed by atoms with Gasteiger partial charge in [0, 0.05) is 9.50 Å². The van der Waals surface area contributed by atoms with Crippen LogP contribution >= 0.6 is 50.1 Å². The molecule has 1 fully saturated rings. The van der Waals surface area contributed by atoms with E-state index in [4.69, 9.17) is 21.1 Å². The first-order chi connectivity index (χ1) is 16.8. The second-order valence-electron chi connectivity index (χ2n) is 7.38. The molecule has 0 saturated carbocycles. The Bertz CT molecular complexity index is 1340. The zero-order valence-electron chi connectivity index (χ0n) is 18.2. The number of anilines is 1. The first-order valence-electron chi connectivity index (χ1n) is 10.2. The molecule has 0 spiro atoms. The average molecular weight is 668 g/mol. The number of carbonyl (C=O) groups excluding carboxylic acids is 3. The van der Waals surface area contributed by atoms with Gasteiger partial charge in [0.1, 0.15) is 12.2 Å². The van der Waals surface area contributed by atoms with E-state index in [0.29, 0.717) is 37.9 Å². The number of urea groups is 1. The second kappa shape index (κ2) is 10.8. The highest BCUT2D eigenvalue weighted by atomic mass is 127. The van der Waals surface area contributed by atoms with Crippen molar-refractivity contribution in [3.05, 3.63) is 90.4 Å². The Hall–Kier alpha value is -2.89. The fourth-order valence-electron chi connectivity index (χ4n) is 3.35. The van der Waals surface area contributed by atoms with Crippen LogP contribution in [-0.2, 0) is 16.2 Å². The van der Waals surface area contributed by atoms with Gasteiger partial charge in [-0.15, -0.1) is 0 Å². The highest BCUT2D eigenvalue weighted by Crippen LogP contribution is 2.35. The number of hydrogen-bond acceptors (Lipinski definition) is 5. The molecule has 0 aliphatic carbocycles. The molecule has 3 aromatic rings. The van der Waals surface area contributed by atoms with Crippen molar-refractivity contribution >= 4 is 79.7 Å². The number of carbonyl (C=O) groups is 3. The molecule has 0 atom stereocenters. The van der Waals surface area contributed by atoms with E-state index in [0.717, 1.165) is 14.9 Å². The molecular formula is C25H17BrClIN2O5. The third-order valence-corrected chi connectivity index (χ3v) is 6.63. The monoisotopic (exact) mass is 666 g/mol. The van der Waals surface area contributed by atoms with Crippen LogP contribution in [0, 0.1) is 3.57 Å². The summed E-state index contributed by atoms with van der Waals surface area (Å²) in [5.41, 5.74) is 1.63. The van der Waals surface area contributed by atoms with Crippen LogP contribution in [0.3, 0.4) is 0 Å². The number of nitrogens with one attached hydrogen (secondary N) is 1. The molecule has 1 N–H and O–H groups in total. The highest BCUT2D eigenvalue weighted by molar-refractivity contribution is 14.1. The first kappa shape index (κ1) is 25.2. The van der Waals surface area contributed by atoms with Gasteiger partial charge in [-0.1, -0.05) is 39.7 Å². The van der Waals surface area contributed by atoms with Gasteiger partial charge in [-0.05, 0) is 88.3 Å². The molecule has 4 amide bonds. The van der Waals surface area contributed by atoms with E-state index in [1.54, 1.807) is 48.5 Å². The molecule has 7 nitrogen and oxygen atoms in total. The third kappa shape index (κ3) is 5.68. The summed E-state index contributed by atoms with van der Waals surface area (Å²) in [6, 6.07) is 16.5. The SMILES string of the molecule is COc1cc(/C=C2\C(=O)NC(=O)N(c3ccc(Br)cc3)C2=O)cc(I)c1OCc1ccc(Cl)cc1. The summed E-state index contributed by atoms with van der Waals surface area (Å²) in [5, 5.41) is 2.86. The minimum absolute atomic E-state index is 0.180. The molecule has 178 valence electrons. The number of barbiturate groups is 1. The lowest BCUT2D eigenvalue weighted by Crippen LogP contribution is -2.54. The van der Waals surface area contributed by atoms with Gasteiger partial charge >= 0.3 is 6.03 Å². The van der Waals surface area contributed by atoms with Crippen molar-refractivity contribution in [2.45, 2.75) is 6.61 Å². The van der Waals surface area contributed by atoms with E-state index in [1.165, 1.54) is 13.2 Å². The van der Waals surface area contributed by atoms with Gasteiger partial charge < -0.3 is 9.47 Å². The average Bonchev–Trinajstić information content (AvgIpc) is 2.83. The van der Waals surface area contributed by atoms with Crippen molar-refractivity contribution in [2.24, 2.45) is 0 Å². The standard InChI is InChI=1S/C25H17BrClIN2O5/c1-34-21-12-15(11-20(28)22(21)35-13-14-2-6-17(27)7-3-14)10-19-23(31)29-25(33)30(24(19)32)18-8-4-16(26)5-9-18/h2-12H,13H2,1H3,(H,29,31,33)/b19-10+. The van der Waals surface area contributed by atoms with Gasteiger partial charge in [0.05, 0.1) is 16.4 Å². The molecule has 0 unspecified atom stereocenters. The van der Waals surface area contributed by atoms with Crippen LogP contribution in [-0.4, -0.2) is 25.0 Å². The van der Waals surface area contributed by atoms with Gasteiger partial charge in [0.15, 0.2) is 11.5 Å². The molecule has 3 aromatic carbocycles. The maximum atomic E-state index is 13.1. The summed E-state index contributed by atoms with van der Waals surface area (Å²) >= 11 is 11.4. The summed E-state index contributed by atoms with van der Waals surface area (Å²) < 4.78 is 13.0. The summed E-state index contributed by atoms with van der Waals surface area (Å²) in [4.78, 5) is 39.0. The lowest BCUT2D eigenvalue weighted by molar-refractivity contribution is -0.122. The minimum Gasteiger partial charge on any atom is -0.493 e. The number of amides is 4. The quantitative estimate of drug-likeness (QED) is 0.199. The highest BCUT2D eigenvalue weighted by Gasteiger charge is 2.36. The number of imide groups is 2. The fraction of sp³-hybridized carbons (Fsp3) is 0.0800. The predicted molar refractivity (Wildman–Crippen MR) is 145 cm³/mol. The number of rotatable bonds is 6. The van der Waals surface area contributed by atoms with Crippen LogP contribution in [0.15, 0.2) is 70.7 Å². The maximum Gasteiger partial charge on any atom is 0.335 e. The predicted octanol–water partition coefficient (Wildman–Crippen LogP) is 5.96. The Morgan fingerprint density at radius 3 is 2.40 bits per heavy atom. The summed E-state index contributed by atoms with van der Waals surface area (Å²) in [5.74, 6) is -0.540. The minimum atomic E-state index is -0.808. The van der Waals surface area contributed by atoms with Crippen molar-refractivity contribution in [2.75, 3.05) is 12.0 Å². The Balaban J connectivity index is 1.63. The van der Waals surface area contributed by atoms with Crippen molar-refractivity contribution in [1.29, 1.82) is 0 Å². The fourth-order valence-corrected chi connectivity index (χ4v) is 4.52. The van der Waals surface area contributed by atoms with E-state index in [2.05, 4.69) is 43.8 Å². The molecule has 0 aromatic heterocycles. The van der Waals surface area contributed by atoms with Crippen LogP contribution in [0.4, 0.5) is 10.5 Å². The normalized spacial score (nSPS) is 14.8. The molecule has 1 aliphatic heterocycles. The Kier molecular flexibility index (Phi) is 7.78. The Morgan fingerprint density at radius 2 is 1.74 bits per heavy atom. The molecule has 10 heteroatoms. The van der Waals surface area contributed by atoms with E-state index in [9.17, 15) is 14.4 Å². The number of methoxy groups -OCH3 is 1. The smallest absolute Gasteiger partial charge is 0.335 e. The van der Waals surface area contributed by atoms with Crippen molar-refractivity contribution in [3.63, 3.8) is 0 Å². The van der Waals surface area contributed by atoms with Crippen LogP contribution in [0.25, 0.3) is 6.08 Å². The van der Waals surface area contributed by atoms with Gasteiger partial charge in [0.25, 0.3) is 11.8 Å². The summed E-state index contributed by atoms with van der Waals surface area (Å²) in [6.07, 6.45) is 1.42. The number of nitrogens with zero attached hydrogens (tertiary/aromatic N) is 1.